The van der Waals surface area contributed by atoms with Gasteiger partial charge in [-0.3, -0.25) is 4.79 Å². The van der Waals surface area contributed by atoms with Crippen molar-refractivity contribution in [1.82, 2.24) is 5.32 Å². The van der Waals surface area contributed by atoms with E-state index in [-0.39, 0.29) is 24.3 Å². The summed E-state index contributed by atoms with van der Waals surface area (Å²) in [5.74, 6) is -0.816. The van der Waals surface area contributed by atoms with Crippen LogP contribution in [0.2, 0.25) is 0 Å². The summed E-state index contributed by atoms with van der Waals surface area (Å²) >= 11 is 0. The van der Waals surface area contributed by atoms with Gasteiger partial charge >= 0.3 is 6.09 Å². The number of hydrogen-bond acceptors (Lipinski definition) is 5. The number of aryl methyl sites for hydroxylation is 3. The lowest BCUT2D eigenvalue weighted by Crippen LogP contribution is -2.44. The minimum Gasteiger partial charge on any atom is -0.511 e. The third-order valence-electron chi connectivity index (χ3n) is 6.56. The van der Waals surface area contributed by atoms with Gasteiger partial charge in [0.2, 0.25) is 0 Å². The highest BCUT2D eigenvalue weighted by molar-refractivity contribution is 6.26. The molecule has 3 aliphatic rings. The number of ketones is 1. The maximum absolute atomic E-state index is 13.4. The maximum Gasteiger partial charge on any atom is 0.407 e. The number of benzene rings is 1. The Morgan fingerprint density at radius 2 is 2.00 bits per heavy atom. The van der Waals surface area contributed by atoms with Gasteiger partial charge < -0.3 is 19.9 Å². The van der Waals surface area contributed by atoms with Crippen LogP contribution in [-0.2, 0) is 14.3 Å². The highest BCUT2D eigenvalue weighted by Gasteiger charge is 2.67. The van der Waals surface area contributed by atoms with Crippen LogP contribution in [-0.4, -0.2) is 41.8 Å². The van der Waals surface area contributed by atoms with E-state index in [0.717, 1.165) is 35.1 Å². The highest BCUT2D eigenvalue weighted by Crippen LogP contribution is 2.59. The largest absolute Gasteiger partial charge is 0.511 e. The molecule has 0 spiro atoms. The first kappa shape index (κ1) is 20.0. The maximum atomic E-state index is 13.4. The molecule has 1 aromatic carbocycles. The topological polar surface area (TPSA) is 84.9 Å². The lowest BCUT2D eigenvalue weighted by atomic mass is 9.73. The molecule has 2 N–H and O–H groups in total. The Hall–Kier alpha value is -2.34. The van der Waals surface area contributed by atoms with Gasteiger partial charge in [-0.25, -0.2) is 4.79 Å². The highest BCUT2D eigenvalue weighted by atomic mass is 16.6. The molecule has 6 heteroatoms. The fourth-order valence-electron chi connectivity index (χ4n) is 5.50. The van der Waals surface area contributed by atoms with Crippen LogP contribution in [0.15, 0.2) is 17.9 Å². The summed E-state index contributed by atoms with van der Waals surface area (Å²) in [6.45, 7) is 8.51. The number of carbonyl (C=O) groups excluding carboxylic acids is 2. The predicted octanol–water partition coefficient (Wildman–Crippen LogP) is 3.76. The molecular formula is C23H29NO5. The van der Waals surface area contributed by atoms with Crippen molar-refractivity contribution in [3.63, 3.8) is 0 Å². The molecule has 1 aromatic rings. The number of allylic oxidation sites excluding steroid dienone is 1. The number of Topliss-reactive ketones (excluding diaryl/α,β-unsaturated/α-hetero) is 1. The van der Waals surface area contributed by atoms with E-state index in [1.54, 1.807) is 0 Å². The van der Waals surface area contributed by atoms with Gasteiger partial charge in [0.25, 0.3) is 0 Å². The smallest absolute Gasteiger partial charge is 0.407 e. The van der Waals surface area contributed by atoms with E-state index < -0.39 is 23.5 Å². The fourth-order valence-corrected chi connectivity index (χ4v) is 5.50. The second-order valence-corrected chi connectivity index (χ2v) is 8.66. The summed E-state index contributed by atoms with van der Waals surface area (Å²) in [4.78, 5) is 25.3. The fraction of sp³-hybridized carbons (Fsp3) is 0.565. The number of hydrogen-bond donors (Lipinski definition) is 2. The van der Waals surface area contributed by atoms with Crippen LogP contribution in [0.3, 0.4) is 0 Å². The first-order valence-corrected chi connectivity index (χ1v) is 10.4. The predicted molar refractivity (Wildman–Crippen MR) is 109 cm³/mol. The van der Waals surface area contributed by atoms with E-state index in [4.69, 9.17) is 9.47 Å². The molecule has 1 amide bonds. The molecule has 156 valence electrons. The van der Waals surface area contributed by atoms with Crippen molar-refractivity contribution < 1.29 is 24.2 Å². The number of rotatable bonds is 5. The normalized spacial score (nSPS) is 30.1. The van der Waals surface area contributed by atoms with Crippen molar-refractivity contribution in [1.29, 1.82) is 0 Å². The minimum absolute atomic E-state index is 0.0384. The number of aliphatic hydroxyl groups excluding tert-OH is 1. The number of carbonyl (C=O) groups is 2. The Bertz CT molecular complexity index is 882. The quantitative estimate of drug-likeness (QED) is 0.787. The summed E-state index contributed by atoms with van der Waals surface area (Å²) in [6, 6.07) is 4.07. The molecule has 2 saturated heterocycles. The zero-order valence-corrected chi connectivity index (χ0v) is 17.5. The van der Waals surface area contributed by atoms with E-state index in [9.17, 15) is 14.7 Å². The van der Waals surface area contributed by atoms with Crippen LogP contribution in [0.5, 0.6) is 0 Å². The second kappa shape index (κ2) is 7.17. The molecule has 0 aromatic heterocycles. The number of ether oxygens (including phenoxy) is 2. The van der Waals surface area contributed by atoms with Crippen molar-refractivity contribution in [3.05, 3.63) is 40.1 Å². The van der Waals surface area contributed by atoms with Gasteiger partial charge in [0.05, 0.1) is 23.5 Å². The lowest BCUT2D eigenvalue weighted by molar-refractivity contribution is -0.118. The van der Waals surface area contributed by atoms with Crippen molar-refractivity contribution >= 4 is 17.4 Å². The number of alkyl carbamates (subject to hydrolysis) is 1. The molecule has 6 nitrogen and oxygen atoms in total. The first-order valence-electron chi connectivity index (χ1n) is 10.4. The molecule has 2 fully saturated rings. The van der Waals surface area contributed by atoms with Crippen LogP contribution < -0.4 is 5.32 Å². The molecule has 2 bridgehead atoms. The van der Waals surface area contributed by atoms with E-state index >= 15 is 0 Å². The van der Waals surface area contributed by atoms with Gasteiger partial charge in [0.1, 0.15) is 18.0 Å². The van der Waals surface area contributed by atoms with Crippen molar-refractivity contribution in [2.75, 3.05) is 13.2 Å². The summed E-state index contributed by atoms with van der Waals surface area (Å²) in [5.41, 5.74) is 3.51. The van der Waals surface area contributed by atoms with Crippen LogP contribution in [0.25, 0.3) is 5.57 Å². The average molecular weight is 399 g/mol. The lowest BCUT2D eigenvalue weighted by Gasteiger charge is -2.31. The van der Waals surface area contributed by atoms with Crippen LogP contribution >= 0.6 is 0 Å². The Labute approximate surface area is 171 Å². The van der Waals surface area contributed by atoms with E-state index in [0.29, 0.717) is 18.5 Å². The zero-order valence-electron chi connectivity index (χ0n) is 17.5. The van der Waals surface area contributed by atoms with Gasteiger partial charge in [-0.1, -0.05) is 24.6 Å². The molecule has 29 heavy (non-hydrogen) atoms. The summed E-state index contributed by atoms with van der Waals surface area (Å²) < 4.78 is 11.6. The number of nitrogens with one attached hydrogen (secondary N) is 1. The van der Waals surface area contributed by atoms with Crippen molar-refractivity contribution in [3.8, 4) is 0 Å². The Kier molecular flexibility index (Phi) is 4.93. The summed E-state index contributed by atoms with van der Waals surface area (Å²) in [7, 11) is 0. The van der Waals surface area contributed by atoms with Gasteiger partial charge in [-0.15, -0.1) is 0 Å². The van der Waals surface area contributed by atoms with E-state index in [1.807, 2.05) is 39.8 Å². The Morgan fingerprint density at radius 3 is 2.66 bits per heavy atom. The van der Waals surface area contributed by atoms with E-state index in [1.165, 1.54) is 0 Å². The molecule has 4 rings (SSSR count). The third kappa shape index (κ3) is 3.05. The molecular weight excluding hydrogens is 370 g/mol. The molecule has 0 unspecified atom stereocenters. The first-order chi connectivity index (χ1) is 13.8. The molecule has 2 aliphatic heterocycles. The van der Waals surface area contributed by atoms with Crippen molar-refractivity contribution in [2.24, 2.45) is 11.8 Å². The minimum atomic E-state index is -0.827. The van der Waals surface area contributed by atoms with Gasteiger partial charge in [-0.05, 0) is 56.7 Å². The van der Waals surface area contributed by atoms with Crippen LogP contribution in [0.1, 0.15) is 48.4 Å². The zero-order chi connectivity index (χ0) is 20.9. The molecule has 1 aliphatic carbocycles. The monoisotopic (exact) mass is 399 g/mol. The summed E-state index contributed by atoms with van der Waals surface area (Å²) in [5, 5.41) is 13.9. The molecule has 0 saturated carbocycles. The Balaban J connectivity index is 1.67. The van der Waals surface area contributed by atoms with Crippen LogP contribution in [0, 0.1) is 32.6 Å². The molecule has 0 radical (unpaired) electrons. The van der Waals surface area contributed by atoms with Gasteiger partial charge in [0.15, 0.2) is 5.78 Å². The van der Waals surface area contributed by atoms with Crippen molar-refractivity contribution in [2.45, 2.75) is 58.7 Å². The SMILES string of the molecule is CCCNC(=O)OC[C@]12CC[C@H](O1)[C@@H]1C(=O)C(c3c(C)cc(C)cc3C)=C(O)[C@@H]12. The average Bonchev–Trinajstić information content (AvgIpc) is 3.30. The standard InChI is InChI=1S/C23H29NO5/c1-5-8-24-22(27)28-11-23-7-6-15(29-23)17-19(23)21(26)18(20(17)25)16-13(3)9-12(2)10-14(16)4/h9-10,15,17,19,26H,5-8,11H2,1-4H3,(H,24,27)/t15-,17-,19+,23-/m0/s1. The molecule has 4 atom stereocenters. The Morgan fingerprint density at radius 1 is 1.31 bits per heavy atom. The van der Waals surface area contributed by atoms with Crippen LogP contribution in [0.4, 0.5) is 4.79 Å². The van der Waals surface area contributed by atoms with Gasteiger partial charge in [0, 0.05) is 6.54 Å². The third-order valence-corrected chi connectivity index (χ3v) is 6.56. The van der Waals surface area contributed by atoms with Gasteiger partial charge in [-0.2, -0.15) is 0 Å². The summed E-state index contributed by atoms with van der Waals surface area (Å²) in [6.07, 6.45) is 1.49. The molecule has 2 heterocycles. The number of fused-ring (bicyclic) bond motifs is 5. The number of amides is 1. The van der Waals surface area contributed by atoms with E-state index in [2.05, 4.69) is 5.32 Å². The second-order valence-electron chi connectivity index (χ2n) is 8.66. The number of aliphatic hydroxyl groups is 1.